The van der Waals surface area contributed by atoms with E-state index in [1.165, 1.54) is 0 Å². The van der Waals surface area contributed by atoms with Gasteiger partial charge in [-0.3, -0.25) is 0 Å². The van der Waals surface area contributed by atoms with Gasteiger partial charge in [-0.2, -0.15) is 0 Å². The first-order valence-electron chi connectivity index (χ1n) is 10.4. The van der Waals surface area contributed by atoms with Crippen LogP contribution in [0.5, 0.6) is 0 Å². The van der Waals surface area contributed by atoms with Crippen molar-refractivity contribution in [1.82, 2.24) is 0 Å². The summed E-state index contributed by atoms with van der Waals surface area (Å²) >= 11 is 0. The Morgan fingerprint density at radius 3 is 1.12 bits per heavy atom. The van der Waals surface area contributed by atoms with E-state index in [1.807, 2.05) is 0 Å². The number of hydrogen-bond donors (Lipinski definition) is 0. The fraction of sp³-hybridized carbons (Fsp3) is 0.273. The number of hydrogen-bond acceptors (Lipinski definition) is 0. The summed E-state index contributed by atoms with van der Waals surface area (Å²) in [5.41, 5.74) is 0. The molecule has 0 aliphatic rings. The second-order valence-electron chi connectivity index (χ2n) is 6.92. The highest BCUT2D eigenvalue weighted by Gasteiger charge is 2.39. The van der Waals surface area contributed by atoms with Crippen molar-refractivity contribution in [2.24, 2.45) is 0 Å². The highest BCUT2D eigenvalue weighted by atomic mass is 13.7. The monoisotopic (exact) mass is 484 g/mol. The first kappa shape index (κ1) is 50.5. The molecule has 0 aliphatic heterocycles. The fourth-order valence-electron chi connectivity index (χ4n) is 2.59. The maximum absolute atomic E-state index is 6.03. The molecule has 0 atom stereocenters. The smallest absolute Gasteiger partial charge is 0.0723 e. The molecule has 0 saturated heterocycles. The fourth-order valence-corrected chi connectivity index (χ4v) is 2.59. The SMILES string of the molecule is C.C.C.C.C#CC#CC#CC#CCC#CC#CC#CC#CC.[B]B([B])B([B])B(B([B])[B])B([B])B(B([B])[B])B([B])[B]. The lowest BCUT2D eigenvalue weighted by molar-refractivity contribution is 1.57. The van der Waals surface area contributed by atoms with Crippen molar-refractivity contribution in [2.45, 2.75) is 43.1 Å². The lowest BCUT2D eigenvalue weighted by Crippen LogP contribution is -2.76. The summed E-state index contributed by atoms with van der Waals surface area (Å²) < 4.78 is 0. The Morgan fingerprint density at radius 2 is 0.800 bits per heavy atom. The summed E-state index contributed by atoms with van der Waals surface area (Å²) in [6.45, 7) is 1.71. The van der Waals surface area contributed by atoms with E-state index < -0.39 is 51.1 Å². The third-order valence-corrected chi connectivity index (χ3v) is 4.22. The molecule has 0 rings (SSSR count). The molecule has 0 aliphatic carbocycles. The molecule has 0 nitrogen and oxygen atoms in total. The van der Waals surface area contributed by atoms with Crippen LogP contribution in [0.3, 0.4) is 0 Å². The molecule has 0 amide bonds. The molecule has 0 fully saturated rings. The summed E-state index contributed by atoms with van der Waals surface area (Å²) in [6, 6.07) is 0. The van der Waals surface area contributed by atoms with Crippen molar-refractivity contribution in [3.63, 3.8) is 0 Å². The van der Waals surface area contributed by atoms with Crippen molar-refractivity contribution in [1.29, 1.82) is 0 Å². The Labute approximate surface area is 265 Å². The van der Waals surface area contributed by atoms with Crippen molar-refractivity contribution in [3.8, 4) is 95.2 Å². The Morgan fingerprint density at radius 1 is 0.450 bits per heavy atom. The Kier molecular flexibility index (Phi) is 41.5. The van der Waals surface area contributed by atoms with E-state index in [1.54, 1.807) is 6.92 Å². The molecule has 0 unspecified atom stereocenters. The van der Waals surface area contributed by atoms with Gasteiger partial charge in [-0.1, -0.05) is 47.5 Å². The zero-order valence-electron chi connectivity index (χ0n) is 20.2. The zero-order chi connectivity index (χ0) is 27.9. The minimum absolute atomic E-state index is 0. The molecule has 0 aromatic heterocycles. The summed E-state index contributed by atoms with van der Waals surface area (Å²) in [7, 11) is 56.7. The predicted octanol–water partition coefficient (Wildman–Crippen LogP) is -3.26. The normalized spacial score (nSPS) is 6.00. The lowest BCUT2D eigenvalue weighted by Gasteiger charge is -2.38. The minimum Gasteiger partial charge on any atom is -0.106 e. The van der Waals surface area contributed by atoms with Crippen LogP contribution in [-0.4, -0.2) is 128 Å². The van der Waals surface area contributed by atoms with Crippen molar-refractivity contribution in [2.75, 3.05) is 0 Å². The van der Waals surface area contributed by atoms with E-state index in [0.29, 0.717) is 6.42 Å². The van der Waals surface area contributed by atoms with E-state index in [9.17, 15) is 0 Å². The first-order chi connectivity index (χ1) is 17.0. The topological polar surface area (TPSA) is 0 Å². The zero-order valence-corrected chi connectivity index (χ0v) is 20.2. The quantitative estimate of drug-likeness (QED) is 0.265. The first-order valence-corrected chi connectivity index (χ1v) is 10.4. The number of rotatable bonds is 7. The molecule has 0 heterocycles. The van der Waals surface area contributed by atoms with Gasteiger partial charge in [0.25, 0.3) is 0 Å². The van der Waals surface area contributed by atoms with Crippen LogP contribution in [-0.2, 0) is 0 Å². The molecule has 20 radical (unpaired) electrons. The Bertz CT molecular complexity index is 1150. The van der Waals surface area contributed by atoms with Crippen LogP contribution >= 0.6 is 0 Å². The summed E-state index contributed by atoms with van der Waals surface area (Å²) in [6.07, 6.45) is -0.706. The molecule has 18 heteroatoms. The van der Waals surface area contributed by atoms with Crippen LogP contribution in [0.15, 0.2) is 0 Å². The molecular formula is C22H22B18. The molecule has 0 saturated carbocycles. The van der Waals surface area contributed by atoms with Crippen LogP contribution < -0.4 is 0 Å². The van der Waals surface area contributed by atoms with Gasteiger partial charge in [0.2, 0.25) is 0 Å². The van der Waals surface area contributed by atoms with E-state index in [0.717, 1.165) is 0 Å². The molecule has 40 heavy (non-hydrogen) atoms. The van der Waals surface area contributed by atoms with Gasteiger partial charge >= 0.3 is 0 Å². The molecule has 0 N–H and O–H groups in total. The van der Waals surface area contributed by atoms with E-state index in [2.05, 4.69) is 88.8 Å². The van der Waals surface area contributed by atoms with Crippen LogP contribution in [0.25, 0.3) is 0 Å². The average molecular weight is 481 g/mol. The molecule has 0 spiro atoms. The van der Waals surface area contributed by atoms with Crippen molar-refractivity contribution < 1.29 is 0 Å². The van der Waals surface area contributed by atoms with Gasteiger partial charge in [0.05, 0.1) is 6.42 Å². The Balaban J connectivity index is -0.000000131. The van der Waals surface area contributed by atoms with Gasteiger partial charge < -0.3 is 0 Å². The molecule has 0 aromatic carbocycles. The molecule has 0 aromatic rings. The van der Waals surface area contributed by atoms with Gasteiger partial charge in [0.1, 0.15) is 0 Å². The standard InChI is InChI=1S/C18H6.4CH4.B18/c1-3-5-7-9-11-13-15-17-18-16-14-12-10-8-6-4-2;;;;;1-11(2)15(9)18(14(7)8)16(10)17(12(3)4)13(5)6/h1H,17H2,2H3;4*1H4;. The minimum atomic E-state index is -0.843. The number of terminal acetylenes is 1. The van der Waals surface area contributed by atoms with Crippen LogP contribution in [0.1, 0.15) is 43.1 Å². The van der Waals surface area contributed by atoms with Gasteiger partial charge in [0.15, 0.2) is 0 Å². The average Bonchev–Trinajstić information content (AvgIpc) is 2.79. The van der Waals surface area contributed by atoms with Gasteiger partial charge in [-0.25, -0.2) is 0 Å². The maximum atomic E-state index is 6.03. The maximum Gasteiger partial charge on any atom is 0.0723 e. The molecule has 0 bridgehead atoms. The second kappa shape index (κ2) is 32.9. The summed E-state index contributed by atoms with van der Waals surface area (Å²) in [5.74, 6) is 38.0. The summed E-state index contributed by atoms with van der Waals surface area (Å²) in [4.78, 5) is 0. The Hall–Kier alpha value is -2.35. The van der Waals surface area contributed by atoms with Crippen molar-refractivity contribution in [3.05, 3.63) is 0 Å². The van der Waals surface area contributed by atoms with Crippen LogP contribution in [0, 0.1) is 95.2 Å². The van der Waals surface area contributed by atoms with Crippen molar-refractivity contribution >= 4 is 128 Å². The van der Waals surface area contributed by atoms with Gasteiger partial charge in [-0.15, -0.1) is 6.42 Å². The van der Waals surface area contributed by atoms with Gasteiger partial charge in [0, 0.05) is 128 Å². The predicted molar refractivity (Wildman–Crippen MR) is 204 cm³/mol. The van der Waals surface area contributed by atoms with Crippen LogP contribution in [0.2, 0.25) is 0 Å². The third kappa shape index (κ3) is 25.9. The van der Waals surface area contributed by atoms with E-state index in [-0.39, 0.29) is 29.7 Å². The van der Waals surface area contributed by atoms with E-state index in [4.69, 9.17) is 83.8 Å². The molecule has 164 valence electrons. The molecular weight excluding hydrogens is 459 g/mol. The lowest BCUT2D eigenvalue weighted by atomic mass is 8.43. The largest absolute Gasteiger partial charge is 0.106 e. The third-order valence-electron chi connectivity index (χ3n) is 4.22. The van der Waals surface area contributed by atoms with E-state index >= 15 is 0 Å². The van der Waals surface area contributed by atoms with Crippen LogP contribution in [0.4, 0.5) is 0 Å². The summed E-state index contributed by atoms with van der Waals surface area (Å²) in [5, 5.41) is 0. The second-order valence-corrected chi connectivity index (χ2v) is 6.92. The van der Waals surface area contributed by atoms with Gasteiger partial charge in [-0.05, 0) is 78.0 Å². The highest BCUT2D eigenvalue weighted by molar-refractivity contribution is 8.14. The highest BCUT2D eigenvalue weighted by Crippen LogP contribution is 2.01.